The van der Waals surface area contributed by atoms with Gasteiger partial charge in [-0.1, -0.05) is 18.2 Å². The third kappa shape index (κ3) is 2.74. The number of hydrogen-bond donors (Lipinski definition) is 0. The first kappa shape index (κ1) is 24.2. The molecule has 4 saturated carbocycles. The van der Waals surface area contributed by atoms with Crippen molar-refractivity contribution in [3.63, 3.8) is 0 Å². The lowest BCUT2D eigenvalue weighted by Gasteiger charge is -2.38. The zero-order chi connectivity index (χ0) is 29.6. The topological polar surface area (TPSA) is 60.4 Å². The molecule has 15 rings (SSSR count). The summed E-state index contributed by atoms with van der Waals surface area (Å²) < 4.78 is 8.61. The maximum Gasteiger partial charge on any atom is 0.344 e. The normalized spacial score (nSPS) is 32.4. The van der Waals surface area contributed by atoms with Crippen molar-refractivity contribution in [3.05, 3.63) is 75.7 Å². The Bertz CT molecular complexity index is 2570. The molecule has 46 heavy (non-hydrogen) atoms. The molecule has 5 heterocycles. The van der Waals surface area contributed by atoms with E-state index < -0.39 is 0 Å². The standard InChI is InChI=1S/C41H35N3O2/c45-41-28-15-27-35-29(16-42-38-24-11-18-5-19(12-24)8-22(7-18)32(35)38)44-30-17-43-39-25-13-20-6-21(14-25)10-23(9-20)33(39)36(30)37(40(27)44)34(28)26-3-1-2-4-31(26)46-41/h1-4,15-25H,5-14H2. The van der Waals surface area contributed by atoms with Crippen molar-refractivity contribution >= 4 is 59.8 Å². The largest absolute Gasteiger partial charge is 0.422 e. The molecular weight excluding hydrogens is 566 g/mol. The van der Waals surface area contributed by atoms with E-state index in [-0.39, 0.29) is 5.63 Å². The number of hydrogen-bond acceptors (Lipinski definition) is 4. The fraction of sp³-hybridized carbons (Fsp3) is 0.439. The van der Waals surface area contributed by atoms with Gasteiger partial charge in [-0.3, -0.25) is 9.97 Å². The highest BCUT2D eigenvalue weighted by Crippen LogP contribution is 2.60. The van der Waals surface area contributed by atoms with E-state index in [1.807, 2.05) is 12.1 Å². The van der Waals surface area contributed by atoms with Crippen LogP contribution in [0.3, 0.4) is 0 Å². The van der Waals surface area contributed by atoms with Gasteiger partial charge in [-0.25, -0.2) is 4.79 Å². The lowest BCUT2D eigenvalue weighted by Crippen LogP contribution is -2.25. The molecule has 8 aliphatic carbocycles. The van der Waals surface area contributed by atoms with Crippen molar-refractivity contribution < 1.29 is 4.42 Å². The molecule has 5 nitrogen and oxygen atoms in total. The summed E-state index contributed by atoms with van der Waals surface area (Å²) in [7, 11) is 0. The van der Waals surface area contributed by atoms with E-state index in [1.165, 1.54) is 125 Å². The van der Waals surface area contributed by atoms with Gasteiger partial charge in [-0.05, 0) is 123 Å². The van der Waals surface area contributed by atoms with Crippen LogP contribution in [0.4, 0.5) is 0 Å². The lowest BCUT2D eigenvalue weighted by molar-refractivity contribution is 0.165. The van der Waals surface area contributed by atoms with Crippen LogP contribution in [-0.2, 0) is 0 Å². The van der Waals surface area contributed by atoms with Gasteiger partial charge in [0.25, 0.3) is 0 Å². The van der Waals surface area contributed by atoms with Crippen molar-refractivity contribution in [2.24, 2.45) is 23.7 Å². The fourth-order valence-corrected chi connectivity index (χ4v) is 13.1. The number of benzene rings is 2. The zero-order valence-electron chi connectivity index (χ0n) is 25.9. The second-order valence-corrected chi connectivity index (χ2v) is 16.5. The van der Waals surface area contributed by atoms with E-state index in [0.29, 0.717) is 29.3 Å². The van der Waals surface area contributed by atoms with E-state index in [4.69, 9.17) is 14.4 Å². The van der Waals surface area contributed by atoms with E-state index in [1.54, 1.807) is 0 Å². The molecule has 4 atom stereocenters. The second kappa shape index (κ2) is 7.93. The van der Waals surface area contributed by atoms with Gasteiger partial charge in [-0.2, -0.15) is 0 Å². The Kier molecular flexibility index (Phi) is 4.17. The monoisotopic (exact) mass is 601 g/mol. The van der Waals surface area contributed by atoms with Gasteiger partial charge in [0.15, 0.2) is 0 Å². The molecule has 0 spiro atoms. The minimum Gasteiger partial charge on any atom is -0.422 e. The van der Waals surface area contributed by atoms with Crippen molar-refractivity contribution in [2.45, 2.75) is 87.9 Å². The summed E-state index contributed by atoms with van der Waals surface area (Å²) in [6, 6.07) is 10.4. The molecule has 0 saturated heterocycles. The Hall–Kier alpha value is -3.99. The molecule has 0 amide bonds. The number of rotatable bonds is 0. The van der Waals surface area contributed by atoms with Gasteiger partial charge in [0.05, 0.1) is 34.3 Å². The second-order valence-electron chi connectivity index (χ2n) is 16.5. The third-order valence-electron chi connectivity index (χ3n) is 14.2. The Morgan fingerprint density at radius 1 is 0.587 bits per heavy atom. The summed E-state index contributed by atoms with van der Waals surface area (Å²) >= 11 is 0. The van der Waals surface area contributed by atoms with Gasteiger partial charge in [0.1, 0.15) is 5.58 Å². The Labute approximate surface area is 265 Å². The fourth-order valence-electron chi connectivity index (χ4n) is 13.1. The van der Waals surface area contributed by atoms with Crippen LogP contribution in [-0.4, -0.2) is 14.4 Å². The zero-order valence-corrected chi connectivity index (χ0v) is 25.9. The SMILES string of the molecule is O=c1oc2ccccc2c2c1cc1c3c4c(ncc3n3c5cnc6c(c5c2c13)C1CC2CC(CC6C2)C1)C1CC2CC(C1)CC4C2. The van der Waals surface area contributed by atoms with Crippen LogP contribution >= 0.6 is 0 Å². The number of pyridine rings is 2. The van der Waals surface area contributed by atoms with Gasteiger partial charge in [-0.15, -0.1) is 0 Å². The van der Waals surface area contributed by atoms with Crippen molar-refractivity contribution in [2.75, 3.05) is 0 Å². The maximum absolute atomic E-state index is 14.0. The molecule has 5 heteroatoms. The summed E-state index contributed by atoms with van der Waals surface area (Å²) in [4.78, 5) is 24.9. The molecule has 7 aromatic rings. The lowest BCUT2D eigenvalue weighted by atomic mass is 9.67. The Morgan fingerprint density at radius 3 is 1.80 bits per heavy atom. The number of fused-ring (bicyclic) bond motifs is 10. The predicted molar refractivity (Wildman–Crippen MR) is 181 cm³/mol. The first-order chi connectivity index (χ1) is 22.7. The highest BCUT2D eigenvalue weighted by atomic mass is 16.4. The molecule has 226 valence electrons. The van der Waals surface area contributed by atoms with Crippen LogP contribution in [0.2, 0.25) is 0 Å². The minimum absolute atomic E-state index is 0.221. The molecule has 0 N–H and O–H groups in total. The van der Waals surface area contributed by atoms with E-state index in [9.17, 15) is 4.79 Å². The highest BCUT2D eigenvalue weighted by molar-refractivity contribution is 6.35. The quantitative estimate of drug-likeness (QED) is 0.128. The van der Waals surface area contributed by atoms with Crippen molar-refractivity contribution in [1.82, 2.24) is 14.4 Å². The summed E-state index contributed by atoms with van der Waals surface area (Å²) in [5.41, 5.74) is 9.88. The molecule has 0 aliphatic heterocycles. The Morgan fingerprint density at radius 2 is 1.15 bits per heavy atom. The van der Waals surface area contributed by atoms with Crippen LogP contribution in [0.5, 0.6) is 0 Å². The first-order valence-electron chi connectivity index (χ1n) is 18.0. The van der Waals surface area contributed by atoms with E-state index >= 15 is 0 Å². The van der Waals surface area contributed by atoms with Crippen molar-refractivity contribution in [3.8, 4) is 0 Å². The highest BCUT2D eigenvalue weighted by Gasteiger charge is 2.46. The van der Waals surface area contributed by atoms with E-state index in [2.05, 4.69) is 35.0 Å². The molecule has 4 unspecified atom stereocenters. The predicted octanol–water partition coefficient (Wildman–Crippen LogP) is 9.67. The molecule has 8 aliphatic rings. The summed E-state index contributed by atoms with van der Waals surface area (Å²) in [5.74, 6) is 5.52. The van der Waals surface area contributed by atoms with Crippen LogP contribution < -0.4 is 5.63 Å². The summed E-state index contributed by atoms with van der Waals surface area (Å²) in [5, 5.41) is 8.04. The summed E-state index contributed by atoms with van der Waals surface area (Å²) in [6.45, 7) is 0. The average Bonchev–Trinajstić information content (AvgIpc) is 3.44. The molecular formula is C41H35N3O2. The van der Waals surface area contributed by atoms with Crippen LogP contribution in [0.25, 0.3) is 59.8 Å². The Balaban J connectivity index is 1.29. The summed E-state index contributed by atoms with van der Waals surface area (Å²) in [6.07, 6.45) is 17.5. The van der Waals surface area contributed by atoms with Gasteiger partial charge in [0, 0.05) is 55.5 Å². The molecule has 2 aromatic carbocycles. The molecule has 8 bridgehead atoms. The molecule has 0 radical (unpaired) electrons. The molecule has 4 fully saturated rings. The van der Waals surface area contributed by atoms with Crippen molar-refractivity contribution in [1.29, 1.82) is 0 Å². The number of para-hydroxylation sites is 1. The number of nitrogens with zero attached hydrogens (tertiary/aromatic N) is 3. The van der Waals surface area contributed by atoms with Gasteiger partial charge in [0.2, 0.25) is 0 Å². The maximum atomic E-state index is 14.0. The van der Waals surface area contributed by atoms with E-state index in [0.717, 1.165) is 39.8 Å². The van der Waals surface area contributed by atoms with Crippen LogP contribution in [0, 0.1) is 23.7 Å². The van der Waals surface area contributed by atoms with Crippen LogP contribution in [0.15, 0.2) is 51.9 Å². The van der Waals surface area contributed by atoms with Gasteiger partial charge < -0.3 is 8.82 Å². The molecule has 5 aromatic heterocycles. The number of aromatic nitrogens is 3. The van der Waals surface area contributed by atoms with Gasteiger partial charge >= 0.3 is 5.63 Å². The smallest absolute Gasteiger partial charge is 0.344 e. The third-order valence-corrected chi connectivity index (χ3v) is 14.2. The van der Waals surface area contributed by atoms with Crippen LogP contribution in [0.1, 0.15) is 110 Å². The first-order valence-corrected chi connectivity index (χ1v) is 18.0. The average molecular weight is 602 g/mol. The minimum atomic E-state index is -0.221.